The van der Waals surface area contributed by atoms with Crippen LogP contribution in [0.5, 0.6) is 0 Å². The van der Waals surface area contributed by atoms with Gasteiger partial charge in [-0.05, 0) is 32.5 Å². The summed E-state index contributed by atoms with van der Waals surface area (Å²) >= 11 is 0. The monoisotopic (exact) mass is 223 g/mol. The Morgan fingerprint density at radius 2 is 2.19 bits per heavy atom. The molecule has 0 fully saturated rings. The number of hydrogen-bond acceptors (Lipinski definition) is 2. The maximum Gasteiger partial charge on any atom is 0.176 e. The number of likely N-dealkylation sites (N-methyl/N-ethyl adjacent to an activating group) is 1. The number of halogens is 1. The van der Waals surface area contributed by atoms with Crippen molar-refractivity contribution in [3.8, 4) is 0 Å². The fourth-order valence-electron chi connectivity index (χ4n) is 1.45. The van der Waals surface area contributed by atoms with Crippen LogP contribution >= 0.6 is 0 Å². The van der Waals surface area contributed by atoms with Gasteiger partial charge in [0.15, 0.2) is 5.78 Å². The van der Waals surface area contributed by atoms with E-state index in [0.29, 0.717) is 18.2 Å². The maximum atomic E-state index is 12.9. The van der Waals surface area contributed by atoms with E-state index in [-0.39, 0.29) is 11.6 Å². The van der Waals surface area contributed by atoms with Crippen molar-refractivity contribution in [2.24, 2.45) is 0 Å². The lowest BCUT2D eigenvalue weighted by Crippen LogP contribution is -2.33. The summed E-state index contributed by atoms with van der Waals surface area (Å²) in [5, 5.41) is 0. The largest absolute Gasteiger partial charge is 0.296 e. The molecule has 0 aromatic heterocycles. The molecule has 1 aromatic rings. The second-order valence-corrected chi connectivity index (χ2v) is 4.11. The Morgan fingerprint density at radius 3 is 2.75 bits per heavy atom. The molecule has 0 saturated heterocycles. The van der Waals surface area contributed by atoms with Crippen LogP contribution in [0.1, 0.15) is 30.6 Å². The first-order chi connectivity index (χ1) is 7.54. The van der Waals surface area contributed by atoms with Crippen LogP contribution in [0.3, 0.4) is 0 Å². The predicted molar refractivity (Wildman–Crippen MR) is 63.1 cm³/mol. The van der Waals surface area contributed by atoms with E-state index in [1.807, 2.05) is 11.9 Å². The zero-order valence-corrected chi connectivity index (χ0v) is 10.0. The van der Waals surface area contributed by atoms with Gasteiger partial charge in [-0.2, -0.15) is 0 Å². The van der Waals surface area contributed by atoms with Gasteiger partial charge in [-0.15, -0.1) is 0 Å². The molecular weight excluding hydrogens is 205 g/mol. The van der Waals surface area contributed by atoms with Crippen molar-refractivity contribution in [2.45, 2.75) is 26.3 Å². The minimum atomic E-state index is -0.364. The SMILES string of the molecule is CCC(C)N(C)CC(=O)c1cccc(F)c1. The molecule has 0 N–H and O–H groups in total. The minimum absolute atomic E-state index is 0.0395. The zero-order chi connectivity index (χ0) is 12.1. The van der Waals surface area contributed by atoms with Crippen molar-refractivity contribution in [2.75, 3.05) is 13.6 Å². The van der Waals surface area contributed by atoms with E-state index in [2.05, 4.69) is 13.8 Å². The minimum Gasteiger partial charge on any atom is -0.296 e. The van der Waals surface area contributed by atoms with E-state index in [4.69, 9.17) is 0 Å². The molecule has 0 aliphatic rings. The molecule has 0 saturated carbocycles. The fraction of sp³-hybridized carbons (Fsp3) is 0.462. The van der Waals surface area contributed by atoms with E-state index in [0.717, 1.165) is 6.42 Å². The van der Waals surface area contributed by atoms with Gasteiger partial charge in [0.25, 0.3) is 0 Å². The topological polar surface area (TPSA) is 20.3 Å². The number of carbonyl (C=O) groups is 1. The molecule has 88 valence electrons. The lowest BCUT2D eigenvalue weighted by molar-refractivity contribution is 0.0923. The molecule has 0 aliphatic heterocycles. The first-order valence-corrected chi connectivity index (χ1v) is 5.53. The number of rotatable bonds is 5. The van der Waals surface area contributed by atoms with Crippen molar-refractivity contribution < 1.29 is 9.18 Å². The van der Waals surface area contributed by atoms with Crippen molar-refractivity contribution >= 4 is 5.78 Å². The van der Waals surface area contributed by atoms with E-state index in [1.54, 1.807) is 12.1 Å². The quantitative estimate of drug-likeness (QED) is 0.715. The van der Waals surface area contributed by atoms with Crippen molar-refractivity contribution in [3.05, 3.63) is 35.6 Å². The van der Waals surface area contributed by atoms with Gasteiger partial charge in [0.05, 0.1) is 6.54 Å². The highest BCUT2D eigenvalue weighted by molar-refractivity contribution is 5.97. The van der Waals surface area contributed by atoms with Gasteiger partial charge in [-0.1, -0.05) is 19.1 Å². The van der Waals surface area contributed by atoms with Crippen LogP contribution in [0.4, 0.5) is 4.39 Å². The van der Waals surface area contributed by atoms with Crippen LogP contribution in [-0.2, 0) is 0 Å². The van der Waals surface area contributed by atoms with Gasteiger partial charge in [0.1, 0.15) is 5.82 Å². The standard InChI is InChI=1S/C13H18FNO/c1-4-10(2)15(3)9-13(16)11-6-5-7-12(14)8-11/h5-8,10H,4,9H2,1-3H3. The lowest BCUT2D eigenvalue weighted by Gasteiger charge is -2.22. The smallest absolute Gasteiger partial charge is 0.176 e. The summed E-state index contributed by atoms with van der Waals surface area (Å²) in [6.45, 7) is 4.48. The summed E-state index contributed by atoms with van der Waals surface area (Å²) in [5.41, 5.74) is 0.440. The van der Waals surface area contributed by atoms with E-state index in [1.165, 1.54) is 12.1 Å². The van der Waals surface area contributed by atoms with Crippen molar-refractivity contribution in [3.63, 3.8) is 0 Å². The second-order valence-electron chi connectivity index (χ2n) is 4.11. The first-order valence-electron chi connectivity index (χ1n) is 5.53. The average molecular weight is 223 g/mol. The molecule has 2 nitrogen and oxygen atoms in total. The Morgan fingerprint density at radius 1 is 1.50 bits per heavy atom. The van der Waals surface area contributed by atoms with Gasteiger partial charge in [0.2, 0.25) is 0 Å². The summed E-state index contributed by atoms with van der Waals surface area (Å²) in [6.07, 6.45) is 0.993. The van der Waals surface area contributed by atoms with Gasteiger partial charge in [-0.25, -0.2) is 4.39 Å². The Hall–Kier alpha value is -1.22. The van der Waals surface area contributed by atoms with Gasteiger partial charge in [-0.3, -0.25) is 9.69 Å². The lowest BCUT2D eigenvalue weighted by atomic mass is 10.1. The maximum absolute atomic E-state index is 12.9. The number of hydrogen-bond donors (Lipinski definition) is 0. The average Bonchev–Trinajstić information content (AvgIpc) is 2.27. The molecule has 16 heavy (non-hydrogen) atoms. The fourth-order valence-corrected chi connectivity index (χ4v) is 1.45. The van der Waals surface area contributed by atoms with Crippen LogP contribution < -0.4 is 0 Å². The highest BCUT2D eigenvalue weighted by Gasteiger charge is 2.13. The molecule has 0 aliphatic carbocycles. The number of nitrogens with zero attached hydrogens (tertiary/aromatic N) is 1. The van der Waals surface area contributed by atoms with Crippen molar-refractivity contribution in [1.29, 1.82) is 0 Å². The molecule has 0 spiro atoms. The second kappa shape index (κ2) is 5.75. The molecule has 1 aromatic carbocycles. The summed E-state index contributed by atoms with van der Waals surface area (Å²) in [7, 11) is 1.91. The summed E-state index contributed by atoms with van der Waals surface area (Å²) in [6, 6.07) is 6.20. The zero-order valence-electron chi connectivity index (χ0n) is 10.0. The van der Waals surface area contributed by atoms with Gasteiger partial charge < -0.3 is 0 Å². The molecule has 1 atom stereocenters. The van der Waals surface area contributed by atoms with Crippen LogP contribution in [-0.4, -0.2) is 30.3 Å². The van der Waals surface area contributed by atoms with E-state index >= 15 is 0 Å². The Bertz CT molecular complexity index is 365. The number of benzene rings is 1. The highest BCUT2D eigenvalue weighted by atomic mass is 19.1. The Balaban J connectivity index is 2.66. The van der Waals surface area contributed by atoms with E-state index in [9.17, 15) is 9.18 Å². The molecular formula is C13H18FNO. The molecule has 1 unspecified atom stereocenters. The molecule has 0 bridgehead atoms. The Labute approximate surface area is 96.1 Å². The van der Waals surface area contributed by atoms with E-state index < -0.39 is 0 Å². The third-order valence-corrected chi connectivity index (χ3v) is 2.88. The molecule has 1 rings (SSSR count). The summed E-state index contributed by atoms with van der Waals surface area (Å²) < 4.78 is 12.9. The number of ketones is 1. The van der Waals surface area contributed by atoms with Gasteiger partial charge >= 0.3 is 0 Å². The highest BCUT2D eigenvalue weighted by Crippen LogP contribution is 2.07. The predicted octanol–water partition coefficient (Wildman–Crippen LogP) is 2.74. The Kier molecular flexibility index (Phi) is 4.62. The normalized spacial score (nSPS) is 12.8. The first kappa shape index (κ1) is 12.8. The molecule has 0 amide bonds. The van der Waals surface area contributed by atoms with Crippen LogP contribution in [0.2, 0.25) is 0 Å². The number of carbonyl (C=O) groups excluding carboxylic acids is 1. The third-order valence-electron chi connectivity index (χ3n) is 2.88. The molecule has 3 heteroatoms. The third kappa shape index (κ3) is 3.42. The molecule has 0 heterocycles. The molecule has 0 radical (unpaired) electrons. The number of Topliss-reactive ketones (excluding diaryl/α,β-unsaturated/α-hetero) is 1. The summed E-state index contributed by atoms with van der Waals surface area (Å²) in [4.78, 5) is 13.8. The van der Waals surface area contributed by atoms with Gasteiger partial charge in [0, 0.05) is 11.6 Å². The summed E-state index contributed by atoms with van der Waals surface area (Å²) in [5.74, 6) is -0.403. The van der Waals surface area contributed by atoms with Crippen LogP contribution in [0.25, 0.3) is 0 Å². The van der Waals surface area contributed by atoms with Crippen LogP contribution in [0, 0.1) is 5.82 Å². The van der Waals surface area contributed by atoms with Crippen molar-refractivity contribution in [1.82, 2.24) is 4.90 Å². The van der Waals surface area contributed by atoms with Crippen LogP contribution in [0.15, 0.2) is 24.3 Å².